The molecule has 3 heterocycles. The van der Waals surface area contributed by atoms with Gasteiger partial charge in [0.15, 0.2) is 0 Å². The molecule has 1 fully saturated rings. The zero-order chi connectivity index (χ0) is 26.0. The normalized spacial score (nSPS) is 16.3. The van der Waals surface area contributed by atoms with Crippen molar-refractivity contribution in [3.05, 3.63) is 61.8 Å². The summed E-state index contributed by atoms with van der Waals surface area (Å²) in [5, 5.41) is 7.17. The van der Waals surface area contributed by atoms with Crippen LogP contribution in [-0.2, 0) is 37.7 Å². The lowest BCUT2D eigenvalue weighted by molar-refractivity contribution is -0.136. The van der Waals surface area contributed by atoms with Gasteiger partial charge in [-0.1, -0.05) is 45.0 Å². The van der Waals surface area contributed by atoms with Gasteiger partial charge in [0.2, 0.25) is 17.7 Å². The fourth-order valence-corrected chi connectivity index (χ4v) is 5.07. The molecule has 0 saturated carbocycles. The number of carbonyl (C=O) groups excluding carboxylic acids is 3. The van der Waals surface area contributed by atoms with Crippen molar-refractivity contribution in [3.63, 3.8) is 0 Å². The molecule has 3 aromatic rings. The predicted octanol–water partition coefficient (Wildman–Crippen LogP) is 2.87. The van der Waals surface area contributed by atoms with E-state index in [9.17, 15) is 19.2 Å². The van der Waals surface area contributed by atoms with Gasteiger partial charge in [-0.15, -0.1) is 11.3 Å². The molecule has 1 aromatic carbocycles. The Kier molecular flexibility index (Phi) is 7.37. The molecule has 1 aliphatic rings. The highest BCUT2D eigenvalue weighted by Crippen LogP contribution is 2.25. The summed E-state index contributed by atoms with van der Waals surface area (Å²) in [6, 6.07) is 7.39. The zero-order valence-corrected chi connectivity index (χ0v) is 21.7. The van der Waals surface area contributed by atoms with E-state index in [0.29, 0.717) is 23.3 Å². The molecular weight excluding hydrogens is 480 g/mol. The predicted molar refractivity (Wildman–Crippen MR) is 137 cm³/mol. The minimum Gasteiger partial charge on any atom is -0.367 e. The number of hydrogen-bond acceptors (Lipinski definition) is 7. The number of aromatic nitrogens is 2. The number of thiophene rings is 1. The van der Waals surface area contributed by atoms with Gasteiger partial charge in [0, 0.05) is 11.8 Å². The van der Waals surface area contributed by atoms with E-state index < -0.39 is 11.9 Å². The lowest BCUT2D eigenvalue weighted by Gasteiger charge is -2.24. The Morgan fingerprint density at radius 1 is 1.22 bits per heavy atom. The first kappa shape index (κ1) is 25.7. The number of fused-ring (bicyclic) bond motifs is 1. The van der Waals surface area contributed by atoms with E-state index in [-0.39, 0.29) is 48.8 Å². The van der Waals surface area contributed by atoms with Crippen molar-refractivity contribution >= 4 is 40.0 Å². The average Bonchev–Trinajstić information content (AvgIpc) is 3.21. The number of benzene rings is 1. The second-order valence-electron chi connectivity index (χ2n) is 9.94. The molecule has 10 heteroatoms. The largest absolute Gasteiger partial charge is 0.367 e. The van der Waals surface area contributed by atoms with Crippen molar-refractivity contribution in [3.8, 4) is 0 Å². The first-order valence-electron chi connectivity index (χ1n) is 11.8. The monoisotopic (exact) mass is 510 g/mol. The van der Waals surface area contributed by atoms with Crippen LogP contribution in [0.5, 0.6) is 0 Å². The highest BCUT2D eigenvalue weighted by Gasteiger charge is 2.30. The van der Waals surface area contributed by atoms with Crippen LogP contribution in [-0.4, -0.2) is 33.9 Å². The second-order valence-corrected chi connectivity index (χ2v) is 10.9. The third-order valence-electron chi connectivity index (χ3n) is 6.20. The molecular formula is C26H30N4O5S. The van der Waals surface area contributed by atoms with Crippen molar-refractivity contribution in [2.75, 3.05) is 6.61 Å². The van der Waals surface area contributed by atoms with Crippen molar-refractivity contribution < 1.29 is 19.1 Å². The molecule has 1 saturated heterocycles. The van der Waals surface area contributed by atoms with E-state index in [2.05, 4.69) is 48.5 Å². The number of hydrogen-bond donors (Lipinski definition) is 2. The van der Waals surface area contributed by atoms with Crippen LogP contribution in [0, 0.1) is 6.92 Å². The van der Waals surface area contributed by atoms with E-state index in [4.69, 9.17) is 4.74 Å². The van der Waals surface area contributed by atoms with E-state index in [1.165, 1.54) is 21.5 Å². The van der Waals surface area contributed by atoms with E-state index in [1.54, 1.807) is 12.3 Å². The molecule has 1 unspecified atom stereocenters. The Morgan fingerprint density at radius 2 is 1.94 bits per heavy atom. The molecule has 1 aliphatic heterocycles. The number of aryl methyl sites for hydroxylation is 1. The van der Waals surface area contributed by atoms with Crippen LogP contribution < -0.4 is 16.2 Å². The SMILES string of the molecule is Cc1nc2c(CNC(=O)COCc3ccc(C(C)(C)C)cc3)scc2c(=O)n1C1CCC(=O)NC1=O. The molecule has 190 valence electrons. The van der Waals surface area contributed by atoms with Gasteiger partial charge in [-0.2, -0.15) is 0 Å². The van der Waals surface area contributed by atoms with Gasteiger partial charge in [-0.25, -0.2) is 4.98 Å². The van der Waals surface area contributed by atoms with E-state index in [0.717, 1.165) is 10.4 Å². The maximum Gasteiger partial charge on any atom is 0.262 e. The zero-order valence-electron chi connectivity index (χ0n) is 20.8. The Balaban J connectivity index is 1.36. The molecule has 2 N–H and O–H groups in total. The Hall–Kier alpha value is -3.37. The minimum atomic E-state index is -0.767. The van der Waals surface area contributed by atoms with Crippen LogP contribution in [0.15, 0.2) is 34.4 Å². The molecule has 3 amide bonds. The third-order valence-corrected chi connectivity index (χ3v) is 7.18. The molecule has 0 aliphatic carbocycles. The summed E-state index contributed by atoms with van der Waals surface area (Å²) in [5.74, 6) is -0.720. The molecule has 1 atom stereocenters. The summed E-state index contributed by atoms with van der Waals surface area (Å²) >= 11 is 1.32. The van der Waals surface area contributed by atoms with Gasteiger partial charge in [-0.05, 0) is 29.9 Å². The van der Waals surface area contributed by atoms with Gasteiger partial charge in [0.25, 0.3) is 5.56 Å². The number of amides is 3. The maximum atomic E-state index is 13.1. The highest BCUT2D eigenvalue weighted by atomic mass is 32.1. The number of piperidine rings is 1. The van der Waals surface area contributed by atoms with Crippen LogP contribution in [0.3, 0.4) is 0 Å². The summed E-state index contributed by atoms with van der Waals surface area (Å²) in [6.07, 6.45) is 0.428. The second kappa shape index (κ2) is 10.3. The third kappa shape index (κ3) is 5.55. The average molecular weight is 511 g/mol. The van der Waals surface area contributed by atoms with Crippen LogP contribution >= 0.6 is 11.3 Å². The van der Waals surface area contributed by atoms with Gasteiger partial charge in [0.1, 0.15) is 18.5 Å². The van der Waals surface area contributed by atoms with Crippen LogP contribution in [0.25, 0.3) is 10.9 Å². The number of rotatable bonds is 7. The van der Waals surface area contributed by atoms with Crippen molar-refractivity contribution in [1.82, 2.24) is 20.2 Å². The molecule has 4 rings (SSSR count). The number of nitrogens with one attached hydrogen (secondary N) is 2. The first-order valence-corrected chi connectivity index (χ1v) is 12.7. The molecule has 0 bridgehead atoms. The van der Waals surface area contributed by atoms with Crippen molar-refractivity contribution in [2.24, 2.45) is 0 Å². The lowest BCUT2D eigenvalue weighted by atomic mass is 9.87. The summed E-state index contributed by atoms with van der Waals surface area (Å²) in [5.41, 5.74) is 2.48. The quantitative estimate of drug-likeness (QED) is 0.472. The molecule has 0 spiro atoms. The van der Waals surface area contributed by atoms with Gasteiger partial charge in [0.05, 0.1) is 28.9 Å². The topological polar surface area (TPSA) is 119 Å². The van der Waals surface area contributed by atoms with Gasteiger partial charge >= 0.3 is 0 Å². The fourth-order valence-electron chi connectivity index (χ4n) is 4.17. The Morgan fingerprint density at radius 3 is 2.61 bits per heavy atom. The number of nitrogens with zero attached hydrogens (tertiary/aromatic N) is 2. The summed E-state index contributed by atoms with van der Waals surface area (Å²) in [7, 11) is 0. The number of imide groups is 1. The fraction of sp³-hybridized carbons (Fsp3) is 0.423. The lowest BCUT2D eigenvalue weighted by Crippen LogP contribution is -2.45. The van der Waals surface area contributed by atoms with Gasteiger partial charge in [-0.3, -0.25) is 29.1 Å². The van der Waals surface area contributed by atoms with E-state index in [1.807, 2.05) is 12.1 Å². The Labute approximate surface area is 212 Å². The van der Waals surface area contributed by atoms with Crippen LogP contribution in [0.4, 0.5) is 0 Å². The maximum absolute atomic E-state index is 13.1. The van der Waals surface area contributed by atoms with Crippen LogP contribution in [0.1, 0.15) is 61.5 Å². The smallest absolute Gasteiger partial charge is 0.262 e. The number of ether oxygens (including phenoxy) is 1. The summed E-state index contributed by atoms with van der Waals surface area (Å²) < 4.78 is 6.91. The van der Waals surface area contributed by atoms with Crippen LogP contribution in [0.2, 0.25) is 0 Å². The van der Waals surface area contributed by atoms with Crippen molar-refractivity contribution in [2.45, 2.75) is 65.1 Å². The van der Waals surface area contributed by atoms with Crippen molar-refractivity contribution in [1.29, 1.82) is 0 Å². The number of carbonyl (C=O) groups is 3. The molecule has 36 heavy (non-hydrogen) atoms. The molecule has 0 radical (unpaired) electrons. The summed E-state index contributed by atoms with van der Waals surface area (Å²) in [6.45, 7) is 8.59. The summed E-state index contributed by atoms with van der Waals surface area (Å²) in [4.78, 5) is 54.5. The first-order chi connectivity index (χ1) is 17.0. The standard InChI is InChI=1S/C26H30N4O5S/c1-15-28-23-18(25(34)30(15)19-9-10-21(31)29-24(19)33)14-36-20(23)11-27-22(32)13-35-12-16-5-7-17(8-6-16)26(2,3)4/h5-8,14,19H,9-13H2,1-4H3,(H,27,32)(H,29,31,33). The highest BCUT2D eigenvalue weighted by molar-refractivity contribution is 7.11. The minimum absolute atomic E-state index is 0.0800. The van der Waals surface area contributed by atoms with E-state index >= 15 is 0 Å². The molecule has 2 aromatic heterocycles. The molecule has 9 nitrogen and oxygen atoms in total. The Bertz CT molecular complexity index is 1370. The van der Waals surface area contributed by atoms with Gasteiger partial charge < -0.3 is 10.1 Å².